The van der Waals surface area contributed by atoms with E-state index >= 15 is 0 Å². The van der Waals surface area contributed by atoms with Crippen LogP contribution in [0.25, 0.3) is 11.5 Å². The van der Waals surface area contributed by atoms with Gasteiger partial charge in [-0.3, -0.25) is 10.1 Å². The minimum Gasteiger partial charge on any atom is -0.486 e. The van der Waals surface area contributed by atoms with Crippen LogP contribution in [0.15, 0.2) is 87.1 Å². The van der Waals surface area contributed by atoms with Crippen LogP contribution < -0.4 is 14.8 Å². The van der Waals surface area contributed by atoms with Gasteiger partial charge in [-0.25, -0.2) is 8.42 Å². The Bertz CT molecular complexity index is 1520. The van der Waals surface area contributed by atoms with Crippen molar-refractivity contribution in [3.8, 4) is 23.0 Å². The van der Waals surface area contributed by atoms with Crippen LogP contribution in [0.4, 0.5) is 11.6 Å². The van der Waals surface area contributed by atoms with Gasteiger partial charge in [0.25, 0.3) is 5.69 Å². The summed E-state index contributed by atoms with van der Waals surface area (Å²) in [7, 11) is -4.19. The zero-order chi connectivity index (χ0) is 25.1. The highest BCUT2D eigenvalue weighted by Gasteiger charge is 2.31. The smallest absolute Gasteiger partial charge is 0.282 e. The molecule has 184 valence electrons. The molecule has 2 heterocycles. The van der Waals surface area contributed by atoms with E-state index in [1.165, 1.54) is 36.4 Å². The first-order chi connectivity index (χ1) is 17.4. The summed E-state index contributed by atoms with van der Waals surface area (Å²) in [6.07, 6.45) is 0.589. The van der Waals surface area contributed by atoms with Crippen molar-refractivity contribution in [1.29, 1.82) is 0 Å². The van der Waals surface area contributed by atoms with Gasteiger partial charge in [0.1, 0.15) is 18.8 Å². The molecule has 0 aliphatic carbocycles. The van der Waals surface area contributed by atoms with Crippen LogP contribution in [-0.2, 0) is 16.3 Å². The van der Waals surface area contributed by atoms with Crippen molar-refractivity contribution in [1.82, 2.24) is 4.98 Å². The second-order valence-electron chi connectivity index (χ2n) is 7.90. The number of sulfone groups is 1. The molecule has 1 aliphatic rings. The van der Waals surface area contributed by atoms with Crippen LogP contribution in [0.5, 0.6) is 11.5 Å². The average molecular weight is 508 g/mol. The molecule has 3 aromatic carbocycles. The molecule has 0 fully saturated rings. The quantitative estimate of drug-likeness (QED) is 0.270. The fraction of sp³-hybridized carbons (Fsp3) is 0.160. The van der Waals surface area contributed by atoms with Gasteiger partial charge in [-0.15, -0.1) is 0 Å². The van der Waals surface area contributed by atoms with Gasteiger partial charge in [-0.1, -0.05) is 42.5 Å². The molecule has 5 rings (SSSR count). The SMILES string of the molecule is O=[N+]([O-])c1ccccc1-c1nc(S(=O)(=O)c2ccc3c(c2)OCCO3)c(NCCc2ccccc2)o1. The van der Waals surface area contributed by atoms with E-state index in [0.29, 0.717) is 37.7 Å². The summed E-state index contributed by atoms with van der Waals surface area (Å²) >= 11 is 0. The lowest BCUT2D eigenvalue weighted by Gasteiger charge is -2.18. The Morgan fingerprint density at radius 3 is 2.44 bits per heavy atom. The van der Waals surface area contributed by atoms with Crippen LogP contribution in [0.2, 0.25) is 0 Å². The summed E-state index contributed by atoms with van der Waals surface area (Å²) in [4.78, 5) is 15.1. The van der Waals surface area contributed by atoms with Crippen LogP contribution in [-0.4, -0.2) is 38.1 Å². The Balaban J connectivity index is 1.55. The Hall–Kier alpha value is -4.38. The van der Waals surface area contributed by atoms with E-state index in [1.807, 2.05) is 30.3 Å². The van der Waals surface area contributed by atoms with E-state index in [1.54, 1.807) is 6.07 Å². The summed E-state index contributed by atoms with van der Waals surface area (Å²) in [5.74, 6) is 0.472. The number of hydrogen-bond acceptors (Lipinski definition) is 9. The number of nitrogens with one attached hydrogen (secondary N) is 1. The lowest BCUT2D eigenvalue weighted by Crippen LogP contribution is -2.16. The van der Waals surface area contributed by atoms with Gasteiger partial charge in [0.2, 0.25) is 26.6 Å². The van der Waals surface area contributed by atoms with E-state index in [4.69, 9.17) is 13.9 Å². The topological polar surface area (TPSA) is 134 Å². The lowest BCUT2D eigenvalue weighted by molar-refractivity contribution is -0.384. The molecule has 0 amide bonds. The van der Waals surface area contributed by atoms with Crippen LogP contribution >= 0.6 is 0 Å². The molecule has 0 saturated heterocycles. The Morgan fingerprint density at radius 1 is 0.944 bits per heavy atom. The maximum atomic E-state index is 13.6. The molecule has 0 bridgehead atoms. The van der Waals surface area contributed by atoms with Gasteiger partial charge in [0.15, 0.2) is 11.5 Å². The molecule has 0 atom stereocenters. The van der Waals surface area contributed by atoms with Crippen LogP contribution in [0.3, 0.4) is 0 Å². The molecule has 1 aliphatic heterocycles. The largest absolute Gasteiger partial charge is 0.486 e. The Kier molecular flexibility index (Phi) is 6.30. The van der Waals surface area contributed by atoms with Gasteiger partial charge in [0.05, 0.1) is 9.82 Å². The van der Waals surface area contributed by atoms with Crippen molar-refractivity contribution in [2.75, 3.05) is 25.1 Å². The van der Waals surface area contributed by atoms with E-state index in [-0.39, 0.29) is 32.9 Å². The second-order valence-corrected chi connectivity index (χ2v) is 9.76. The van der Waals surface area contributed by atoms with Crippen molar-refractivity contribution < 1.29 is 27.2 Å². The highest BCUT2D eigenvalue weighted by molar-refractivity contribution is 7.91. The number of ether oxygens (including phenoxy) is 2. The summed E-state index contributed by atoms with van der Waals surface area (Å²) in [5, 5.41) is 14.2. The number of rotatable bonds is 8. The number of nitro benzene ring substituents is 1. The van der Waals surface area contributed by atoms with Gasteiger partial charge < -0.3 is 19.2 Å². The van der Waals surface area contributed by atoms with Crippen molar-refractivity contribution in [2.45, 2.75) is 16.3 Å². The predicted molar refractivity (Wildman–Crippen MR) is 130 cm³/mol. The molecular formula is C25H21N3O7S. The van der Waals surface area contributed by atoms with Gasteiger partial charge >= 0.3 is 0 Å². The predicted octanol–water partition coefficient (Wildman–Crippen LogP) is 4.51. The summed E-state index contributed by atoms with van der Waals surface area (Å²) in [6.45, 7) is 1.02. The van der Waals surface area contributed by atoms with E-state index in [9.17, 15) is 18.5 Å². The Labute approximate surface area is 206 Å². The molecule has 4 aromatic rings. The van der Waals surface area contributed by atoms with E-state index in [2.05, 4.69) is 10.3 Å². The molecule has 0 radical (unpaired) electrons. The number of para-hydroxylation sites is 1. The Morgan fingerprint density at radius 2 is 1.67 bits per heavy atom. The number of fused-ring (bicyclic) bond motifs is 1. The molecule has 1 N–H and O–H groups in total. The molecule has 0 unspecified atom stereocenters. The first kappa shape index (κ1) is 23.4. The lowest BCUT2D eigenvalue weighted by atomic mass is 10.1. The number of nitro groups is 1. The molecular weight excluding hydrogens is 486 g/mol. The van der Waals surface area contributed by atoms with Crippen molar-refractivity contribution in [3.63, 3.8) is 0 Å². The van der Waals surface area contributed by atoms with E-state index < -0.39 is 14.8 Å². The third-order valence-electron chi connectivity index (χ3n) is 5.55. The molecule has 0 saturated carbocycles. The summed E-state index contributed by atoms with van der Waals surface area (Å²) < 4.78 is 44.1. The molecule has 1 aromatic heterocycles. The van der Waals surface area contributed by atoms with Gasteiger partial charge in [-0.05, 0) is 30.2 Å². The summed E-state index contributed by atoms with van der Waals surface area (Å²) in [6, 6.07) is 19.8. The average Bonchev–Trinajstić information content (AvgIpc) is 3.34. The number of aromatic nitrogens is 1. The molecule has 10 nitrogen and oxygen atoms in total. The van der Waals surface area contributed by atoms with E-state index in [0.717, 1.165) is 5.56 Å². The minimum atomic E-state index is -4.19. The third kappa shape index (κ3) is 4.60. The standard InChI is InChI=1S/C25H21N3O7S/c29-28(30)20-9-5-4-8-19(20)23-27-25(24(35-23)26-13-12-17-6-2-1-3-7-17)36(31,32)18-10-11-21-22(16-18)34-15-14-33-21/h1-11,16,26H,12-15H2. The fourth-order valence-corrected chi connectivity index (χ4v) is 5.09. The zero-order valence-corrected chi connectivity index (χ0v) is 19.7. The third-order valence-corrected chi connectivity index (χ3v) is 7.21. The number of anilines is 1. The molecule has 11 heteroatoms. The second kappa shape index (κ2) is 9.70. The first-order valence-electron chi connectivity index (χ1n) is 11.1. The normalized spacial score (nSPS) is 12.8. The molecule has 0 spiro atoms. The number of oxazole rings is 1. The monoisotopic (exact) mass is 507 g/mol. The number of benzene rings is 3. The highest BCUT2D eigenvalue weighted by atomic mass is 32.2. The van der Waals surface area contributed by atoms with Crippen molar-refractivity contribution in [2.24, 2.45) is 0 Å². The zero-order valence-electron chi connectivity index (χ0n) is 18.9. The van der Waals surface area contributed by atoms with Gasteiger partial charge in [0, 0.05) is 18.7 Å². The number of nitrogens with zero attached hydrogens (tertiary/aromatic N) is 2. The first-order valence-corrected chi connectivity index (χ1v) is 12.6. The highest BCUT2D eigenvalue weighted by Crippen LogP contribution is 2.38. The fourth-order valence-electron chi connectivity index (χ4n) is 3.80. The van der Waals surface area contributed by atoms with Gasteiger partial charge in [-0.2, -0.15) is 4.98 Å². The number of hydrogen-bond donors (Lipinski definition) is 1. The summed E-state index contributed by atoms with van der Waals surface area (Å²) in [5.41, 5.74) is 0.856. The van der Waals surface area contributed by atoms with Crippen molar-refractivity contribution in [3.05, 3.63) is 88.5 Å². The molecule has 36 heavy (non-hydrogen) atoms. The maximum absolute atomic E-state index is 13.6. The maximum Gasteiger partial charge on any atom is 0.282 e. The minimum absolute atomic E-state index is 0.0669. The van der Waals surface area contributed by atoms with Crippen LogP contribution in [0.1, 0.15) is 5.56 Å². The van der Waals surface area contributed by atoms with Crippen molar-refractivity contribution >= 4 is 21.4 Å². The van der Waals surface area contributed by atoms with Crippen LogP contribution in [0, 0.1) is 10.1 Å².